The number of esters is 1. The van der Waals surface area contributed by atoms with Crippen LogP contribution in [0.1, 0.15) is 85.5 Å². The molecule has 0 aliphatic carbocycles. The molecule has 1 amide bonds. The Kier molecular flexibility index (Phi) is 8.45. The Morgan fingerprint density at radius 1 is 1.18 bits per heavy atom. The SMILES string of the molecule is COc1cc(C(=O)N2[C@@H](c3ncc(C)s3)[C@@H](CO)C[C@@]2(Cc2cscn2)C(=O)OC(C)(C)C)ccc1C(C)(C)C. The number of methoxy groups -OCH3 is 1. The normalized spacial score (nSPS) is 21.5. The molecule has 1 fully saturated rings. The average Bonchev–Trinajstić information content (AvgIpc) is 3.61. The first-order valence-corrected chi connectivity index (χ1v) is 15.1. The predicted octanol–water partition coefficient (Wildman–Crippen LogP) is 5.73. The molecule has 3 atom stereocenters. The van der Waals surface area contributed by atoms with Crippen molar-refractivity contribution in [2.45, 2.75) is 83.9 Å². The van der Waals surface area contributed by atoms with Crippen molar-refractivity contribution in [2.24, 2.45) is 5.92 Å². The quantitative estimate of drug-likeness (QED) is 0.353. The highest BCUT2D eigenvalue weighted by Gasteiger charge is 2.60. The molecular weight excluding hydrogens is 546 g/mol. The third-order valence-corrected chi connectivity index (χ3v) is 8.74. The van der Waals surface area contributed by atoms with Gasteiger partial charge in [-0.2, -0.15) is 0 Å². The topological polar surface area (TPSA) is 102 Å². The fourth-order valence-electron chi connectivity index (χ4n) is 5.42. The van der Waals surface area contributed by atoms with Gasteiger partial charge in [0.25, 0.3) is 5.91 Å². The van der Waals surface area contributed by atoms with Crippen molar-refractivity contribution in [3.05, 3.63) is 62.0 Å². The predicted molar refractivity (Wildman–Crippen MR) is 157 cm³/mol. The smallest absolute Gasteiger partial charge is 0.333 e. The van der Waals surface area contributed by atoms with E-state index in [0.717, 1.165) is 10.4 Å². The van der Waals surface area contributed by atoms with Crippen molar-refractivity contribution in [1.82, 2.24) is 14.9 Å². The van der Waals surface area contributed by atoms with Crippen molar-refractivity contribution in [1.29, 1.82) is 0 Å². The van der Waals surface area contributed by atoms with Gasteiger partial charge in [0.1, 0.15) is 21.9 Å². The average molecular weight is 586 g/mol. The second-order valence-corrected chi connectivity index (χ2v) is 14.4. The second-order valence-electron chi connectivity index (χ2n) is 12.4. The number of aliphatic hydroxyl groups is 1. The van der Waals surface area contributed by atoms with Gasteiger partial charge in [0.15, 0.2) is 0 Å². The fraction of sp³-hybridized carbons (Fsp3) is 0.533. The maximum atomic E-state index is 14.7. The molecule has 1 aliphatic heterocycles. The van der Waals surface area contributed by atoms with Crippen molar-refractivity contribution in [3.8, 4) is 5.75 Å². The summed E-state index contributed by atoms with van der Waals surface area (Å²) in [7, 11) is 1.59. The van der Waals surface area contributed by atoms with E-state index >= 15 is 0 Å². The molecule has 1 aliphatic rings. The molecule has 0 radical (unpaired) electrons. The Hall–Kier alpha value is -2.82. The number of likely N-dealkylation sites (tertiary alicyclic amines) is 1. The van der Waals surface area contributed by atoms with Crippen LogP contribution in [0.5, 0.6) is 5.75 Å². The molecule has 3 heterocycles. The number of aliphatic hydroxyl groups excluding tert-OH is 1. The largest absolute Gasteiger partial charge is 0.496 e. The van der Waals surface area contributed by atoms with E-state index in [-0.39, 0.29) is 30.8 Å². The van der Waals surface area contributed by atoms with Gasteiger partial charge in [0, 0.05) is 41.0 Å². The molecule has 0 bridgehead atoms. The zero-order chi connectivity index (χ0) is 29.5. The molecule has 3 aromatic rings. The van der Waals surface area contributed by atoms with E-state index in [9.17, 15) is 14.7 Å². The molecule has 216 valence electrons. The molecule has 10 heteroatoms. The van der Waals surface area contributed by atoms with Gasteiger partial charge in [-0.15, -0.1) is 22.7 Å². The number of aromatic nitrogens is 2. The minimum atomic E-state index is -1.41. The molecule has 40 heavy (non-hydrogen) atoms. The maximum absolute atomic E-state index is 14.7. The first-order valence-electron chi connectivity index (χ1n) is 13.4. The Morgan fingerprint density at radius 2 is 1.90 bits per heavy atom. The number of rotatable bonds is 7. The van der Waals surface area contributed by atoms with Crippen molar-refractivity contribution >= 4 is 34.6 Å². The van der Waals surface area contributed by atoms with Gasteiger partial charge in [0.2, 0.25) is 0 Å². The number of carbonyl (C=O) groups is 2. The zero-order valence-electron chi connectivity index (χ0n) is 24.5. The number of aryl methyl sites for hydroxylation is 1. The molecule has 8 nitrogen and oxygen atoms in total. The Balaban J connectivity index is 1.94. The summed E-state index contributed by atoms with van der Waals surface area (Å²) in [4.78, 5) is 40.6. The van der Waals surface area contributed by atoms with E-state index in [1.54, 1.807) is 35.8 Å². The molecule has 1 saturated heterocycles. The lowest BCUT2D eigenvalue weighted by molar-refractivity contribution is -0.167. The lowest BCUT2D eigenvalue weighted by atomic mass is 9.85. The Morgan fingerprint density at radius 3 is 2.42 bits per heavy atom. The van der Waals surface area contributed by atoms with Gasteiger partial charge in [-0.1, -0.05) is 26.8 Å². The zero-order valence-corrected chi connectivity index (χ0v) is 26.1. The van der Waals surface area contributed by atoms with E-state index in [2.05, 4.69) is 30.7 Å². The number of hydrogen-bond donors (Lipinski definition) is 1. The van der Waals surface area contributed by atoms with Crippen LogP contribution in [0, 0.1) is 12.8 Å². The third-order valence-electron chi connectivity index (χ3n) is 7.12. The van der Waals surface area contributed by atoms with Crippen LogP contribution in [-0.4, -0.2) is 56.7 Å². The summed E-state index contributed by atoms with van der Waals surface area (Å²) in [6, 6.07) is 4.80. The highest BCUT2D eigenvalue weighted by Crippen LogP contribution is 2.51. The van der Waals surface area contributed by atoms with Crippen LogP contribution in [0.2, 0.25) is 0 Å². The van der Waals surface area contributed by atoms with E-state index in [4.69, 9.17) is 9.47 Å². The summed E-state index contributed by atoms with van der Waals surface area (Å²) in [5.41, 5.74) is 1.34. The highest BCUT2D eigenvalue weighted by molar-refractivity contribution is 7.11. The number of hydrogen-bond acceptors (Lipinski definition) is 9. The van der Waals surface area contributed by atoms with Gasteiger partial charge in [-0.25, -0.2) is 14.8 Å². The molecule has 0 saturated carbocycles. The number of benzene rings is 1. The van der Waals surface area contributed by atoms with Crippen LogP contribution < -0.4 is 4.74 Å². The van der Waals surface area contributed by atoms with Crippen molar-refractivity contribution in [3.63, 3.8) is 0 Å². The van der Waals surface area contributed by atoms with Crippen LogP contribution in [0.25, 0.3) is 0 Å². The summed E-state index contributed by atoms with van der Waals surface area (Å²) in [6.07, 6.45) is 2.13. The van der Waals surface area contributed by atoms with E-state index < -0.39 is 29.1 Å². The standard InChI is InChI=1S/C30H39N3O5S2/c1-18-14-31-25(40-18)24-20(15-34)12-30(13-21-16-39-17-32-21,27(36)38-29(5,6)7)33(24)26(35)19-9-10-22(28(2,3)4)23(11-19)37-8/h9-11,14,16-17,20,24,34H,12-13,15H2,1-8H3/t20-,24-,30-/m1/s1. The van der Waals surface area contributed by atoms with Crippen LogP contribution >= 0.6 is 22.7 Å². The summed E-state index contributed by atoms with van der Waals surface area (Å²) in [6.45, 7) is 13.4. The molecule has 4 rings (SSSR count). The number of carbonyl (C=O) groups excluding carboxylic acids is 2. The number of nitrogens with zero attached hydrogens (tertiary/aromatic N) is 3. The van der Waals surface area contributed by atoms with Crippen molar-refractivity contribution in [2.75, 3.05) is 13.7 Å². The van der Waals surface area contributed by atoms with Gasteiger partial charge >= 0.3 is 5.97 Å². The molecular formula is C30H39N3O5S2. The molecule has 1 aromatic carbocycles. The molecule has 0 spiro atoms. The van der Waals surface area contributed by atoms with Crippen LogP contribution in [0.4, 0.5) is 0 Å². The van der Waals surface area contributed by atoms with Gasteiger partial charge in [0.05, 0.1) is 24.4 Å². The molecule has 2 aromatic heterocycles. The fourth-order valence-corrected chi connectivity index (χ4v) is 6.94. The van der Waals surface area contributed by atoms with Gasteiger partial charge < -0.3 is 19.5 Å². The van der Waals surface area contributed by atoms with Crippen LogP contribution in [0.15, 0.2) is 35.3 Å². The lowest BCUT2D eigenvalue weighted by Crippen LogP contribution is -2.57. The summed E-state index contributed by atoms with van der Waals surface area (Å²) in [5, 5.41) is 13.2. The second kappa shape index (κ2) is 11.2. The van der Waals surface area contributed by atoms with Gasteiger partial charge in [-0.3, -0.25) is 4.79 Å². The van der Waals surface area contributed by atoms with E-state index in [1.165, 1.54) is 22.7 Å². The highest BCUT2D eigenvalue weighted by atomic mass is 32.1. The number of ether oxygens (including phenoxy) is 2. The van der Waals surface area contributed by atoms with Crippen molar-refractivity contribution < 1.29 is 24.2 Å². The van der Waals surface area contributed by atoms with Crippen LogP contribution in [-0.2, 0) is 21.4 Å². The summed E-state index contributed by atoms with van der Waals surface area (Å²) < 4.78 is 11.7. The number of amides is 1. The lowest BCUT2D eigenvalue weighted by Gasteiger charge is -2.40. The van der Waals surface area contributed by atoms with Gasteiger partial charge in [-0.05, 0) is 57.2 Å². The first-order chi connectivity index (χ1) is 18.7. The van der Waals surface area contributed by atoms with Crippen LogP contribution in [0.3, 0.4) is 0 Å². The Bertz CT molecular complexity index is 1360. The monoisotopic (exact) mass is 585 g/mol. The minimum Gasteiger partial charge on any atom is -0.496 e. The third kappa shape index (κ3) is 5.94. The summed E-state index contributed by atoms with van der Waals surface area (Å²) >= 11 is 2.89. The number of thiazole rings is 2. The van der Waals surface area contributed by atoms with E-state index in [0.29, 0.717) is 22.0 Å². The molecule has 0 unspecified atom stereocenters. The first kappa shape index (κ1) is 30.1. The minimum absolute atomic E-state index is 0.158. The maximum Gasteiger partial charge on any atom is 0.333 e. The Labute approximate surface area is 244 Å². The summed E-state index contributed by atoms with van der Waals surface area (Å²) in [5.74, 6) is -0.709. The molecule has 1 N–H and O–H groups in total. The van der Waals surface area contributed by atoms with E-state index in [1.807, 2.05) is 39.1 Å².